The van der Waals surface area contributed by atoms with Crippen LogP contribution in [0.1, 0.15) is 12.5 Å². The third-order valence-corrected chi connectivity index (χ3v) is 3.85. The predicted octanol–water partition coefficient (Wildman–Crippen LogP) is 2.56. The highest BCUT2D eigenvalue weighted by Crippen LogP contribution is 2.23. The number of aromatic nitrogens is 1. The second kappa shape index (κ2) is 5.17. The number of hydrogen-bond donors (Lipinski definition) is 1. The van der Waals surface area contributed by atoms with E-state index in [0.717, 1.165) is 15.4 Å². The van der Waals surface area contributed by atoms with Crippen molar-refractivity contribution in [3.63, 3.8) is 0 Å². The van der Waals surface area contributed by atoms with Crippen molar-refractivity contribution >= 4 is 32.8 Å². The van der Waals surface area contributed by atoms with Crippen LogP contribution in [0.25, 0.3) is 10.9 Å². The normalized spacial score (nSPS) is 12.6. The number of para-hydroxylation sites is 1. The zero-order valence-corrected chi connectivity index (χ0v) is 12.3. The molecule has 4 nitrogen and oxygen atoms in total. The Morgan fingerprint density at radius 2 is 2.16 bits per heavy atom. The summed E-state index contributed by atoms with van der Waals surface area (Å²) < 4.78 is 2.41. The molecule has 1 unspecified atom stereocenters. The summed E-state index contributed by atoms with van der Waals surface area (Å²) in [6, 6.07) is 7.46. The van der Waals surface area contributed by atoms with Gasteiger partial charge in [0.25, 0.3) is 5.56 Å². The summed E-state index contributed by atoms with van der Waals surface area (Å²) in [5.41, 5.74) is 1.20. The number of hydrogen-bond acceptors (Lipinski definition) is 2. The summed E-state index contributed by atoms with van der Waals surface area (Å²) >= 11 is 3.43. The van der Waals surface area contributed by atoms with Crippen molar-refractivity contribution in [2.75, 3.05) is 0 Å². The van der Waals surface area contributed by atoms with E-state index in [9.17, 15) is 9.59 Å². The van der Waals surface area contributed by atoms with Crippen LogP contribution in [-0.4, -0.2) is 15.6 Å². The van der Waals surface area contributed by atoms with Crippen LogP contribution >= 0.6 is 15.9 Å². The van der Waals surface area contributed by atoms with Crippen LogP contribution in [0.15, 0.2) is 33.5 Å². The van der Waals surface area contributed by atoms with E-state index in [0.29, 0.717) is 5.56 Å². The van der Waals surface area contributed by atoms with Crippen molar-refractivity contribution in [2.24, 2.45) is 13.0 Å². The van der Waals surface area contributed by atoms with E-state index < -0.39 is 11.9 Å². The maximum Gasteiger partial charge on any atom is 0.306 e. The molecule has 0 spiro atoms. The van der Waals surface area contributed by atoms with Crippen molar-refractivity contribution in [3.05, 3.63) is 44.7 Å². The van der Waals surface area contributed by atoms with Gasteiger partial charge in [-0.3, -0.25) is 9.59 Å². The molecule has 2 rings (SSSR count). The van der Waals surface area contributed by atoms with E-state index in [-0.39, 0.29) is 12.0 Å². The van der Waals surface area contributed by atoms with Crippen LogP contribution in [0.4, 0.5) is 0 Å². The smallest absolute Gasteiger partial charge is 0.306 e. The number of aliphatic carboxylic acids is 1. The van der Waals surface area contributed by atoms with Gasteiger partial charge in [0.05, 0.1) is 11.4 Å². The minimum atomic E-state index is -0.892. The Balaban J connectivity index is 2.62. The first-order valence-electron chi connectivity index (χ1n) is 5.91. The Labute approximate surface area is 118 Å². The molecule has 5 heteroatoms. The van der Waals surface area contributed by atoms with Crippen LogP contribution in [0, 0.1) is 5.92 Å². The Morgan fingerprint density at radius 3 is 2.79 bits per heavy atom. The van der Waals surface area contributed by atoms with Crippen LogP contribution in [0.3, 0.4) is 0 Å². The van der Waals surface area contributed by atoms with Gasteiger partial charge in [0, 0.05) is 17.1 Å². The van der Waals surface area contributed by atoms with E-state index in [1.165, 1.54) is 0 Å². The van der Waals surface area contributed by atoms with Gasteiger partial charge in [-0.15, -0.1) is 0 Å². The molecule has 19 heavy (non-hydrogen) atoms. The number of pyridine rings is 1. The third kappa shape index (κ3) is 2.56. The van der Waals surface area contributed by atoms with Gasteiger partial charge in [0.2, 0.25) is 0 Å². The van der Waals surface area contributed by atoms with Crippen LogP contribution in [0.5, 0.6) is 0 Å². The van der Waals surface area contributed by atoms with Gasteiger partial charge in [0.1, 0.15) is 0 Å². The lowest BCUT2D eigenvalue weighted by Gasteiger charge is -2.11. The minimum Gasteiger partial charge on any atom is -0.481 e. The topological polar surface area (TPSA) is 59.3 Å². The first-order chi connectivity index (χ1) is 8.91. The van der Waals surface area contributed by atoms with Crippen LogP contribution in [0.2, 0.25) is 0 Å². The lowest BCUT2D eigenvalue weighted by molar-refractivity contribution is -0.141. The highest BCUT2D eigenvalue weighted by Gasteiger charge is 2.16. The first kappa shape index (κ1) is 13.8. The van der Waals surface area contributed by atoms with Gasteiger partial charge < -0.3 is 9.67 Å². The SMILES string of the molecule is CC(Cc1cc2cccc(Br)c2n(C)c1=O)C(=O)O. The van der Waals surface area contributed by atoms with Gasteiger partial charge in [-0.05, 0) is 39.9 Å². The molecule has 1 atom stereocenters. The molecule has 100 valence electrons. The molecule has 1 aromatic heterocycles. The van der Waals surface area contributed by atoms with Gasteiger partial charge in [0.15, 0.2) is 0 Å². The number of carbonyl (C=O) groups is 1. The molecular weight excluding hydrogens is 310 g/mol. The second-order valence-corrected chi connectivity index (χ2v) is 5.51. The molecule has 0 saturated heterocycles. The van der Waals surface area contributed by atoms with E-state index in [1.807, 2.05) is 18.2 Å². The summed E-state index contributed by atoms with van der Waals surface area (Å²) in [4.78, 5) is 23.1. The maximum atomic E-state index is 12.2. The van der Waals surface area contributed by atoms with Gasteiger partial charge in [-0.1, -0.05) is 19.1 Å². The summed E-state index contributed by atoms with van der Waals surface area (Å²) in [5.74, 6) is -1.46. The van der Waals surface area contributed by atoms with E-state index in [4.69, 9.17) is 5.11 Å². The molecule has 0 aliphatic rings. The fourth-order valence-electron chi connectivity index (χ4n) is 2.13. The van der Waals surface area contributed by atoms with Crippen LogP contribution < -0.4 is 5.56 Å². The van der Waals surface area contributed by atoms with E-state index in [1.54, 1.807) is 24.6 Å². The first-order valence-corrected chi connectivity index (χ1v) is 6.71. The zero-order chi connectivity index (χ0) is 14.2. The average molecular weight is 324 g/mol. The Hall–Kier alpha value is -1.62. The van der Waals surface area contributed by atoms with Crippen molar-refractivity contribution in [1.82, 2.24) is 4.57 Å². The molecular formula is C14H14BrNO3. The Morgan fingerprint density at radius 1 is 1.47 bits per heavy atom. The zero-order valence-electron chi connectivity index (χ0n) is 10.7. The summed E-state index contributed by atoms with van der Waals surface area (Å²) in [6.45, 7) is 1.60. The van der Waals surface area contributed by atoms with Crippen molar-refractivity contribution in [3.8, 4) is 0 Å². The number of benzene rings is 1. The molecule has 0 saturated carbocycles. The minimum absolute atomic E-state index is 0.146. The molecule has 0 bridgehead atoms. The van der Waals surface area contributed by atoms with Gasteiger partial charge in [-0.25, -0.2) is 0 Å². The lowest BCUT2D eigenvalue weighted by Crippen LogP contribution is -2.24. The predicted molar refractivity (Wildman–Crippen MR) is 77.4 cm³/mol. The van der Waals surface area contributed by atoms with E-state index in [2.05, 4.69) is 15.9 Å². The van der Waals surface area contributed by atoms with Crippen molar-refractivity contribution in [2.45, 2.75) is 13.3 Å². The fraction of sp³-hybridized carbons (Fsp3) is 0.286. The Kier molecular flexibility index (Phi) is 3.75. The highest BCUT2D eigenvalue weighted by molar-refractivity contribution is 9.10. The molecule has 2 aromatic rings. The lowest BCUT2D eigenvalue weighted by atomic mass is 10.0. The van der Waals surface area contributed by atoms with Crippen molar-refractivity contribution in [1.29, 1.82) is 0 Å². The molecule has 0 amide bonds. The molecule has 0 aliphatic carbocycles. The number of aryl methyl sites for hydroxylation is 1. The number of halogens is 1. The fourth-order valence-corrected chi connectivity index (χ4v) is 2.78. The second-order valence-electron chi connectivity index (χ2n) is 4.65. The summed E-state index contributed by atoms with van der Waals surface area (Å²) in [7, 11) is 1.70. The Bertz CT molecular complexity index is 706. The monoisotopic (exact) mass is 323 g/mol. The largest absolute Gasteiger partial charge is 0.481 e. The number of carboxylic acid groups (broad SMARTS) is 1. The number of rotatable bonds is 3. The molecule has 1 N–H and O–H groups in total. The third-order valence-electron chi connectivity index (χ3n) is 3.21. The standard InChI is InChI=1S/C14H14BrNO3/c1-8(14(18)19)6-10-7-9-4-3-5-11(15)12(9)16(2)13(10)17/h3-5,7-8H,6H2,1-2H3,(H,18,19). The van der Waals surface area contributed by atoms with Gasteiger partial charge in [-0.2, -0.15) is 0 Å². The molecule has 0 radical (unpaired) electrons. The number of fused-ring (bicyclic) bond motifs is 1. The highest BCUT2D eigenvalue weighted by atomic mass is 79.9. The maximum absolute atomic E-state index is 12.2. The quantitative estimate of drug-likeness (QED) is 0.944. The summed E-state index contributed by atoms with van der Waals surface area (Å²) in [5, 5.41) is 9.86. The van der Waals surface area contributed by atoms with E-state index >= 15 is 0 Å². The number of nitrogens with zero attached hydrogens (tertiary/aromatic N) is 1. The van der Waals surface area contributed by atoms with Gasteiger partial charge >= 0.3 is 5.97 Å². The molecule has 0 fully saturated rings. The average Bonchev–Trinajstić information content (AvgIpc) is 2.35. The number of carboxylic acids is 1. The molecule has 1 heterocycles. The summed E-state index contributed by atoms with van der Waals surface area (Å²) in [6.07, 6.45) is 0.241. The van der Waals surface area contributed by atoms with Crippen LogP contribution in [-0.2, 0) is 18.3 Å². The molecule has 1 aromatic carbocycles. The molecule has 0 aliphatic heterocycles. The van der Waals surface area contributed by atoms with Crippen molar-refractivity contribution < 1.29 is 9.90 Å².